The summed E-state index contributed by atoms with van der Waals surface area (Å²) in [4.78, 5) is 25.8. The fourth-order valence-electron chi connectivity index (χ4n) is 1.94. The lowest BCUT2D eigenvalue weighted by Crippen LogP contribution is -2.17. The minimum absolute atomic E-state index is 0.0135. The van der Waals surface area contributed by atoms with Crippen LogP contribution in [0.25, 0.3) is 0 Å². The molecule has 0 saturated heterocycles. The van der Waals surface area contributed by atoms with Crippen LogP contribution in [0, 0.1) is 6.92 Å². The van der Waals surface area contributed by atoms with Crippen molar-refractivity contribution in [2.45, 2.75) is 20.4 Å². The van der Waals surface area contributed by atoms with Crippen molar-refractivity contribution in [3.05, 3.63) is 41.5 Å². The summed E-state index contributed by atoms with van der Waals surface area (Å²) in [5.41, 5.74) is 1.44. The minimum Gasteiger partial charge on any atom is -0.477 e. The molecule has 0 aliphatic carbocycles. The number of nitrogens with zero attached hydrogens (tertiary/aromatic N) is 1. The number of amides is 1. The van der Waals surface area contributed by atoms with E-state index in [9.17, 15) is 9.59 Å². The summed E-state index contributed by atoms with van der Waals surface area (Å²) in [5.74, 6) is -1.43. The van der Waals surface area contributed by atoms with Gasteiger partial charge in [-0.25, -0.2) is 4.79 Å². The molecule has 0 atom stereocenters. The van der Waals surface area contributed by atoms with Gasteiger partial charge < -0.3 is 20.0 Å². The van der Waals surface area contributed by atoms with E-state index in [4.69, 9.17) is 5.11 Å². The summed E-state index contributed by atoms with van der Waals surface area (Å²) in [7, 11) is 0. The monoisotopic (exact) mass is 261 g/mol. The number of aromatic carboxylic acids is 1. The first kappa shape index (κ1) is 12.9. The van der Waals surface area contributed by atoms with E-state index in [1.807, 2.05) is 6.92 Å². The van der Waals surface area contributed by atoms with Gasteiger partial charge in [-0.15, -0.1) is 0 Å². The summed E-state index contributed by atoms with van der Waals surface area (Å²) < 4.78 is 1.79. The molecule has 6 nitrogen and oxygen atoms in total. The number of carbonyl (C=O) groups is 2. The van der Waals surface area contributed by atoms with E-state index in [1.54, 1.807) is 35.9 Å². The van der Waals surface area contributed by atoms with Gasteiger partial charge in [-0.3, -0.25) is 4.79 Å². The van der Waals surface area contributed by atoms with E-state index in [0.29, 0.717) is 17.9 Å². The Kier molecular flexibility index (Phi) is 3.41. The van der Waals surface area contributed by atoms with Crippen LogP contribution >= 0.6 is 0 Å². The molecule has 100 valence electrons. The van der Waals surface area contributed by atoms with E-state index in [2.05, 4.69) is 10.3 Å². The molecule has 6 heteroatoms. The number of carbonyl (C=O) groups excluding carboxylic acids is 1. The predicted octanol–water partition coefficient (Wildman–Crippen LogP) is 2.10. The molecule has 0 bridgehead atoms. The maximum absolute atomic E-state index is 12.1. The number of hydrogen-bond acceptors (Lipinski definition) is 2. The third-order valence-corrected chi connectivity index (χ3v) is 2.82. The molecule has 0 spiro atoms. The Bertz CT molecular complexity index is 625. The van der Waals surface area contributed by atoms with E-state index in [1.165, 1.54) is 0 Å². The third-order valence-electron chi connectivity index (χ3n) is 2.82. The zero-order valence-electron chi connectivity index (χ0n) is 10.7. The van der Waals surface area contributed by atoms with Gasteiger partial charge in [0.2, 0.25) is 0 Å². The van der Waals surface area contributed by atoms with Crippen LogP contribution in [0.3, 0.4) is 0 Å². The highest BCUT2D eigenvalue weighted by Crippen LogP contribution is 2.18. The van der Waals surface area contributed by atoms with Crippen LogP contribution in [0.2, 0.25) is 0 Å². The number of carboxylic acids is 1. The van der Waals surface area contributed by atoms with E-state index in [-0.39, 0.29) is 17.3 Å². The molecular weight excluding hydrogens is 246 g/mol. The molecule has 0 aliphatic rings. The Balaban J connectivity index is 2.26. The Morgan fingerprint density at radius 3 is 2.84 bits per heavy atom. The van der Waals surface area contributed by atoms with E-state index in [0.717, 1.165) is 0 Å². The van der Waals surface area contributed by atoms with Gasteiger partial charge in [0, 0.05) is 18.4 Å². The molecule has 3 N–H and O–H groups in total. The molecule has 2 rings (SSSR count). The highest BCUT2D eigenvalue weighted by molar-refractivity contribution is 6.06. The summed E-state index contributed by atoms with van der Waals surface area (Å²) in [6.07, 6.45) is 1.80. The zero-order valence-corrected chi connectivity index (χ0v) is 10.7. The van der Waals surface area contributed by atoms with Crippen LogP contribution in [0.4, 0.5) is 5.69 Å². The largest absolute Gasteiger partial charge is 0.477 e. The number of anilines is 1. The molecular formula is C13H15N3O3. The minimum atomic E-state index is -1.10. The first-order valence-electron chi connectivity index (χ1n) is 5.92. The van der Waals surface area contributed by atoms with Crippen LogP contribution in [-0.2, 0) is 6.54 Å². The second-order valence-corrected chi connectivity index (χ2v) is 4.18. The maximum atomic E-state index is 12.1. The zero-order chi connectivity index (χ0) is 14.0. The number of H-pyrrole nitrogens is 1. The van der Waals surface area contributed by atoms with E-state index >= 15 is 0 Å². The molecule has 2 aromatic heterocycles. The molecule has 0 saturated carbocycles. The number of rotatable bonds is 4. The number of hydrogen-bond donors (Lipinski definition) is 3. The second-order valence-electron chi connectivity index (χ2n) is 4.18. The smallest absolute Gasteiger partial charge is 0.354 e. The van der Waals surface area contributed by atoms with Crippen LogP contribution < -0.4 is 5.32 Å². The van der Waals surface area contributed by atoms with Gasteiger partial charge in [0.05, 0.1) is 5.69 Å². The highest BCUT2D eigenvalue weighted by atomic mass is 16.4. The van der Waals surface area contributed by atoms with E-state index < -0.39 is 5.97 Å². The molecule has 0 radical (unpaired) electrons. The van der Waals surface area contributed by atoms with Crippen molar-refractivity contribution in [3.63, 3.8) is 0 Å². The fourth-order valence-corrected chi connectivity index (χ4v) is 1.94. The van der Waals surface area contributed by atoms with Gasteiger partial charge in [0.15, 0.2) is 0 Å². The lowest BCUT2D eigenvalue weighted by Gasteiger charge is -2.07. The number of carboxylic acid groups (broad SMARTS) is 1. The standard InChI is InChI=1S/C13H15N3O3/c1-3-16-6-4-5-10(16)12(17)15-9-7-8(2)14-11(9)13(18)19/h4-7,14H,3H2,1-2H3,(H,15,17)(H,18,19). The van der Waals surface area contributed by atoms with Crippen molar-refractivity contribution in [2.75, 3.05) is 5.32 Å². The summed E-state index contributed by atoms with van der Waals surface area (Å²) >= 11 is 0. The number of aromatic amines is 1. The van der Waals surface area contributed by atoms with Gasteiger partial charge in [-0.2, -0.15) is 0 Å². The Labute approximate surface area is 110 Å². The first-order chi connectivity index (χ1) is 9.02. The quantitative estimate of drug-likeness (QED) is 0.787. The van der Waals surface area contributed by atoms with Gasteiger partial charge >= 0.3 is 5.97 Å². The predicted molar refractivity (Wildman–Crippen MR) is 70.5 cm³/mol. The molecule has 2 aromatic rings. The second kappa shape index (κ2) is 5.01. The number of nitrogens with one attached hydrogen (secondary N) is 2. The summed E-state index contributed by atoms with van der Waals surface area (Å²) in [6, 6.07) is 5.07. The van der Waals surface area contributed by atoms with Crippen LogP contribution in [0.5, 0.6) is 0 Å². The van der Waals surface area contributed by atoms with Crippen molar-refractivity contribution in [1.82, 2.24) is 9.55 Å². The molecule has 0 aliphatic heterocycles. The van der Waals surface area contributed by atoms with Crippen molar-refractivity contribution >= 4 is 17.6 Å². The third kappa shape index (κ3) is 2.52. The molecule has 0 unspecified atom stereocenters. The molecule has 2 heterocycles. The van der Waals surface area contributed by atoms with Gasteiger partial charge in [-0.05, 0) is 32.0 Å². The average molecular weight is 261 g/mol. The average Bonchev–Trinajstić information content (AvgIpc) is 2.95. The molecule has 1 amide bonds. The normalized spacial score (nSPS) is 10.4. The van der Waals surface area contributed by atoms with Crippen LogP contribution in [0.15, 0.2) is 24.4 Å². The van der Waals surface area contributed by atoms with Crippen LogP contribution in [0.1, 0.15) is 33.6 Å². The number of aromatic nitrogens is 2. The summed E-state index contributed by atoms with van der Waals surface area (Å²) in [6.45, 7) is 4.34. The molecule has 0 fully saturated rings. The Hall–Kier alpha value is -2.50. The lowest BCUT2D eigenvalue weighted by atomic mass is 10.3. The highest BCUT2D eigenvalue weighted by Gasteiger charge is 2.17. The summed E-state index contributed by atoms with van der Waals surface area (Å²) in [5, 5.41) is 11.7. The SMILES string of the molecule is CCn1cccc1C(=O)Nc1cc(C)[nH]c1C(=O)O. The van der Waals surface area contributed by atoms with Gasteiger partial charge in [-0.1, -0.05) is 0 Å². The first-order valence-corrected chi connectivity index (χ1v) is 5.92. The topological polar surface area (TPSA) is 87.1 Å². The molecule has 19 heavy (non-hydrogen) atoms. The maximum Gasteiger partial charge on any atom is 0.354 e. The van der Waals surface area contributed by atoms with Gasteiger partial charge in [0.1, 0.15) is 11.4 Å². The Morgan fingerprint density at radius 1 is 1.47 bits per heavy atom. The molecule has 0 aromatic carbocycles. The lowest BCUT2D eigenvalue weighted by molar-refractivity contribution is 0.0692. The van der Waals surface area contributed by atoms with Crippen molar-refractivity contribution in [3.8, 4) is 0 Å². The van der Waals surface area contributed by atoms with Gasteiger partial charge in [0.25, 0.3) is 5.91 Å². The fraction of sp³-hybridized carbons (Fsp3) is 0.231. The van der Waals surface area contributed by atoms with Crippen molar-refractivity contribution < 1.29 is 14.7 Å². The number of aryl methyl sites for hydroxylation is 2. The van der Waals surface area contributed by atoms with Crippen LogP contribution in [-0.4, -0.2) is 26.5 Å². The Morgan fingerprint density at radius 2 is 2.21 bits per heavy atom. The van der Waals surface area contributed by atoms with Crippen molar-refractivity contribution in [1.29, 1.82) is 0 Å². The van der Waals surface area contributed by atoms with Crippen molar-refractivity contribution in [2.24, 2.45) is 0 Å².